The monoisotopic (exact) mass is 243 g/mol. The normalized spacial score (nSPS) is 10.4. The number of halogens is 1. The van der Waals surface area contributed by atoms with E-state index in [4.69, 9.17) is 0 Å². The molecular formula is C16H18FN. The van der Waals surface area contributed by atoms with Gasteiger partial charge in [-0.2, -0.15) is 0 Å². The Bertz CT molecular complexity index is 547. The molecule has 2 aromatic rings. The minimum absolute atomic E-state index is 0.133. The first-order chi connectivity index (χ1) is 8.58. The van der Waals surface area contributed by atoms with Crippen LogP contribution in [0.15, 0.2) is 42.5 Å². The van der Waals surface area contributed by atoms with Crippen LogP contribution in [0, 0.1) is 12.7 Å². The van der Waals surface area contributed by atoms with E-state index in [9.17, 15) is 4.39 Å². The molecule has 1 nitrogen and oxygen atoms in total. The van der Waals surface area contributed by atoms with Crippen molar-refractivity contribution in [3.05, 3.63) is 65.0 Å². The number of hydrogen-bond donors (Lipinski definition) is 0. The molecule has 2 rings (SSSR count). The first kappa shape index (κ1) is 12.6. The lowest BCUT2D eigenvalue weighted by Gasteiger charge is -2.16. The van der Waals surface area contributed by atoms with Crippen molar-refractivity contribution in [2.45, 2.75) is 13.3 Å². The molecule has 0 fully saturated rings. The average molecular weight is 243 g/mol. The van der Waals surface area contributed by atoms with E-state index in [2.05, 4.69) is 30.0 Å². The third-order valence-electron chi connectivity index (χ3n) is 3.10. The van der Waals surface area contributed by atoms with Crippen LogP contribution in [0.1, 0.15) is 16.7 Å². The average Bonchev–Trinajstić information content (AvgIpc) is 2.32. The fraction of sp³-hybridized carbons (Fsp3) is 0.250. The smallest absolute Gasteiger partial charge is 0.126 e. The molecule has 2 heteroatoms. The van der Waals surface area contributed by atoms with Crippen molar-refractivity contribution in [2.24, 2.45) is 0 Å². The van der Waals surface area contributed by atoms with Crippen LogP contribution in [0.3, 0.4) is 0 Å². The summed E-state index contributed by atoms with van der Waals surface area (Å²) in [6.45, 7) is 2.08. The summed E-state index contributed by atoms with van der Waals surface area (Å²) in [6.07, 6.45) is 0.640. The number of hydrogen-bond acceptors (Lipinski definition) is 1. The van der Waals surface area contributed by atoms with Gasteiger partial charge < -0.3 is 4.90 Å². The summed E-state index contributed by atoms with van der Waals surface area (Å²) in [7, 11) is 4.05. The summed E-state index contributed by atoms with van der Waals surface area (Å²) < 4.78 is 13.6. The maximum Gasteiger partial charge on any atom is 0.126 e. The maximum absolute atomic E-state index is 13.6. The molecule has 0 heterocycles. The molecule has 0 amide bonds. The fourth-order valence-corrected chi connectivity index (χ4v) is 2.19. The second kappa shape index (κ2) is 5.21. The van der Waals surface area contributed by atoms with Crippen LogP contribution in [0.4, 0.5) is 10.1 Å². The zero-order valence-electron chi connectivity index (χ0n) is 11.1. The van der Waals surface area contributed by atoms with E-state index in [-0.39, 0.29) is 5.82 Å². The van der Waals surface area contributed by atoms with Crippen molar-refractivity contribution in [1.82, 2.24) is 0 Å². The predicted molar refractivity (Wildman–Crippen MR) is 74.7 cm³/mol. The Labute approximate surface area is 108 Å². The molecule has 0 aromatic heterocycles. The van der Waals surface area contributed by atoms with Crippen LogP contribution < -0.4 is 4.90 Å². The van der Waals surface area contributed by atoms with Gasteiger partial charge in [0.05, 0.1) is 0 Å². The number of benzene rings is 2. The van der Waals surface area contributed by atoms with Gasteiger partial charge in [-0.3, -0.25) is 0 Å². The Balaban J connectivity index is 2.26. The van der Waals surface area contributed by atoms with Crippen molar-refractivity contribution >= 4 is 5.69 Å². The summed E-state index contributed by atoms with van der Waals surface area (Å²) in [6, 6.07) is 13.2. The van der Waals surface area contributed by atoms with Gasteiger partial charge in [-0.15, -0.1) is 0 Å². The molecule has 0 spiro atoms. The van der Waals surface area contributed by atoms with Gasteiger partial charge in [-0.25, -0.2) is 4.39 Å². The summed E-state index contributed by atoms with van der Waals surface area (Å²) in [5.74, 6) is -0.133. The maximum atomic E-state index is 13.6. The van der Waals surface area contributed by atoms with Crippen molar-refractivity contribution in [2.75, 3.05) is 19.0 Å². The summed E-state index contributed by atoms with van der Waals surface area (Å²) in [5, 5.41) is 0. The van der Waals surface area contributed by atoms with Gasteiger partial charge in [0.15, 0.2) is 0 Å². The Kier molecular flexibility index (Phi) is 3.66. The zero-order valence-corrected chi connectivity index (χ0v) is 11.1. The molecule has 0 bridgehead atoms. The van der Waals surface area contributed by atoms with Gasteiger partial charge in [0.2, 0.25) is 0 Å². The highest BCUT2D eigenvalue weighted by atomic mass is 19.1. The van der Waals surface area contributed by atoms with Crippen LogP contribution >= 0.6 is 0 Å². The number of anilines is 1. The van der Waals surface area contributed by atoms with E-state index in [0.717, 1.165) is 11.1 Å². The molecule has 18 heavy (non-hydrogen) atoms. The minimum atomic E-state index is -0.133. The van der Waals surface area contributed by atoms with E-state index in [1.807, 2.05) is 26.2 Å². The highest BCUT2D eigenvalue weighted by molar-refractivity contribution is 5.53. The van der Waals surface area contributed by atoms with Gasteiger partial charge in [-0.1, -0.05) is 30.3 Å². The Morgan fingerprint density at radius 1 is 1.06 bits per heavy atom. The first-order valence-corrected chi connectivity index (χ1v) is 6.08. The van der Waals surface area contributed by atoms with E-state index in [1.54, 1.807) is 6.07 Å². The topological polar surface area (TPSA) is 3.24 Å². The lowest BCUT2D eigenvalue weighted by Crippen LogP contribution is -2.10. The minimum Gasteiger partial charge on any atom is -0.377 e. The largest absolute Gasteiger partial charge is 0.377 e. The quantitative estimate of drug-likeness (QED) is 0.792. The van der Waals surface area contributed by atoms with Crippen LogP contribution in [0.5, 0.6) is 0 Å². The van der Waals surface area contributed by atoms with Crippen LogP contribution in [0.2, 0.25) is 0 Å². The van der Waals surface area contributed by atoms with Gasteiger partial charge in [0, 0.05) is 26.2 Å². The number of nitrogens with zero attached hydrogens (tertiary/aromatic N) is 1. The molecule has 0 N–H and O–H groups in total. The van der Waals surface area contributed by atoms with Crippen molar-refractivity contribution in [3.8, 4) is 0 Å². The molecular weight excluding hydrogens is 225 g/mol. The molecule has 0 aliphatic carbocycles. The van der Waals surface area contributed by atoms with Crippen LogP contribution in [-0.4, -0.2) is 14.1 Å². The van der Waals surface area contributed by atoms with Crippen molar-refractivity contribution in [3.63, 3.8) is 0 Å². The number of aryl methyl sites for hydroxylation is 1. The van der Waals surface area contributed by atoms with Crippen LogP contribution in [-0.2, 0) is 6.42 Å². The molecule has 94 valence electrons. The van der Waals surface area contributed by atoms with E-state index < -0.39 is 0 Å². The molecule has 0 saturated heterocycles. The lowest BCUT2D eigenvalue weighted by atomic mass is 10.0. The summed E-state index contributed by atoms with van der Waals surface area (Å²) in [5.41, 5.74) is 4.30. The molecule has 0 unspecified atom stereocenters. The van der Waals surface area contributed by atoms with Gasteiger partial charge in [-0.05, 0) is 35.7 Å². The predicted octanol–water partition coefficient (Wildman–Crippen LogP) is 3.79. The number of rotatable bonds is 3. The van der Waals surface area contributed by atoms with Crippen molar-refractivity contribution < 1.29 is 4.39 Å². The van der Waals surface area contributed by atoms with Gasteiger partial charge in [0.25, 0.3) is 0 Å². The molecule has 0 atom stereocenters. The molecule has 0 aliphatic rings. The van der Waals surface area contributed by atoms with Gasteiger partial charge >= 0.3 is 0 Å². The molecule has 0 saturated carbocycles. The van der Waals surface area contributed by atoms with Crippen LogP contribution in [0.25, 0.3) is 0 Å². The van der Waals surface area contributed by atoms with E-state index in [1.165, 1.54) is 17.3 Å². The van der Waals surface area contributed by atoms with E-state index in [0.29, 0.717) is 6.42 Å². The Morgan fingerprint density at radius 2 is 1.78 bits per heavy atom. The highest BCUT2D eigenvalue weighted by Crippen LogP contribution is 2.21. The molecule has 0 aliphatic heterocycles. The van der Waals surface area contributed by atoms with Crippen molar-refractivity contribution in [1.29, 1.82) is 0 Å². The summed E-state index contributed by atoms with van der Waals surface area (Å²) in [4.78, 5) is 2.09. The third-order valence-corrected chi connectivity index (χ3v) is 3.10. The van der Waals surface area contributed by atoms with E-state index >= 15 is 0 Å². The second-order valence-corrected chi connectivity index (χ2v) is 4.78. The third kappa shape index (κ3) is 2.70. The Hall–Kier alpha value is -1.83. The standard InChI is InChI=1S/C16H18FN/c1-12-10-13(8-9-16(12)18(2)3)11-14-6-4-5-7-15(14)17/h4-10H,11H2,1-3H3. The zero-order chi connectivity index (χ0) is 13.1. The highest BCUT2D eigenvalue weighted by Gasteiger charge is 2.05. The summed E-state index contributed by atoms with van der Waals surface area (Å²) >= 11 is 0. The lowest BCUT2D eigenvalue weighted by molar-refractivity contribution is 0.614. The van der Waals surface area contributed by atoms with Gasteiger partial charge in [0.1, 0.15) is 5.82 Å². The second-order valence-electron chi connectivity index (χ2n) is 4.78. The molecule has 2 aromatic carbocycles. The molecule has 0 radical (unpaired) electrons. The SMILES string of the molecule is Cc1cc(Cc2ccccc2F)ccc1N(C)C. The fourth-order valence-electron chi connectivity index (χ4n) is 2.19. The Morgan fingerprint density at radius 3 is 2.39 bits per heavy atom. The first-order valence-electron chi connectivity index (χ1n) is 6.08.